The number of carbonyl (C=O) groups excluding carboxylic acids is 3. The van der Waals surface area contributed by atoms with Crippen LogP contribution in [-0.2, 0) is 11.3 Å². The Kier molecular flexibility index (Phi) is 7.96. The van der Waals surface area contributed by atoms with Gasteiger partial charge in [0.2, 0.25) is 5.91 Å². The molecule has 11 heteroatoms. The van der Waals surface area contributed by atoms with Crippen LogP contribution in [0, 0.1) is 12.3 Å². The highest BCUT2D eigenvalue weighted by Gasteiger charge is 2.53. The van der Waals surface area contributed by atoms with E-state index in [2.05, 4.69) is 10.4 Å². The minimum atomic E-state index is -0.549. The zero-order valence-electron chi connectivity index (χ0n) is 25.8. The molecule has 4 aliphatic rings. The van der Waals surface area contributed by atoms with Crippen molar-refractivity contribution < 1.29 is 23.9 Å². The minimum absolute atomic E-state index is 0.0553. The maximum absolute atomic E-state index is 13.8. The summed E-state index contributed by atoms with van der Waals surface area (Å²) in [4.78, 5) is 46.3. The van der Waals surface area contributed by atoms with E-state index >= 15 is 0 Å². The van der Waals surface area contributed by atoms with Gasteiger partial charge in [0, 0.05) is 75.0 Å². The van der Waals surface area contributed by atoms with Crippen LogP contribution < -0.4 is 19.7 Å². The van der Waals surface area contributed by atoms with Crippen LogP contribution in [0.5, 0.6) is 11.5 Å². The maximum Gasteiger partial charge on any atom is 0.272 e. The fourth-order valence-corrected chi connectivity index (χ4v) is 6.63. The number of nitrogens with one attached hydrogen (secondary N) is 1. The lowest BCUT2D eigenvalue weighted by Crippen LogP contribution is -2.50. The standard InChI is InChI=1S/C33H40N6O5/c1-5-39-27(15-22(2)35-39)32(42)37-13-8-14-43-28-12-7-11-25-26-17-38(31(41)23-9-6-10-24(16-23)36(3)4)20-33(26,21-44-30(25)28)19-34-29(40)18-37/h6-7,9-12,15-16,26H,5,8,13-14,17-21H2,1-4H3,(H,34,40)/t26-,33+/m0/s1. The molecule has 4 aliphatic heterocycles. The first kappa shape index (κ1) is 29.5. The van der Waals surface area contributed by atoms with Crippen LogP contribution in [0.15, 0.2) is 48.5 Å². The number of aromatic nitrogens is 2. The van der Waals surface area contributed by atoms with E-state index in [-0.39, 0.29) is 30.2 Å². The Morgan fingerprint density at radius 1 is 1.09 bits per heavy atom. The van der Waals surface area contributed by atoms with Gasteiger partial charge in [0.25, 0.3) is 11.8 Å². The number of nitrogens with zero attached hydrogens (tertiary/aromatic N) is 5. The Morgan fingerprint density at radius 3 is 2.70 bits per heavy atom. The predicted octanol–water partition coefficient (Wildman–Crippen LogP) is 2.94. The van der Waals surface area contributed by atoms with Crippen molar-refractivity contribution in [2.24, 2.45) is 5.41 Å². The average Bonchev–Trinajstić information content (AvgIpc) is 3.61. The number of hydrogen-bond acceptors (Lipinski definition) is 7. The summed E-state index contributed by atoms with van der Waals surface area (Å²) in [6.45, 7) is 6.47. The predicted molar refractivity (Wildman–Crippen MR) is 165 cm³/mol. The highest BCUT2D eigenvalue weighted by atomic mass is 16.5. The van der Waals surface area contributed by atoms with E-state index in [1.807, 2.05) is 80.2 Å². The number of carbonyl (C=O) groups is 3. The van der Waals surface area contributed by atoms with E-state index in [9.17, 15) is 14.4 Å². The second-order valence-corrected chi connectivity index (χ2v) is 12.2. The molecule has 5 heterocycles. The van der Waals surface area contributed by atoms with Crippen LogP contribution in [0.2, 0.25) is 0 Å². The summed E-state index contributed by atoms with van der Waals surface area (Å²) in [5.74, 6) is 0.720. The molecule has 44 heavy (non-hydrogen) atoms. The Balaban J connectivity index is 1.30. The van der Waals surface area contributed by atoms with Crippen LogP contribution in [-0.4, -0.2) is 97.3 Å². The quantitative estimate of drug-likeness (QED) is 0.491. The third-order valence-corrected chi connectivity index (χ3v) is 8.94. The number of para-hydroxylation sites is 1. The van der Waals surface area contributed by atoms with Crippen molar-refractivity contribution in [3.05, 3.63) is 71.0 Å². The molecule has 11 nitrogen and oxygen atoms in total. The van der Waals surface area contributed by atoms with Crippen LogP contribution >= 0.6 is 0 Å². The number of aryl methyl sites for hydroxylation is 2. The molecule has 3 aromatic rings. The summed E-state index contributed by atoms with van der Waals surface area (Å²) >= 11 is 0. The van der Waals surface area contributed by atoms with Gasteiger partial charge < -0.3 is 29.5 Å². The summed E-state index contributed by atoms with van der Waals surface area (Å²) in [6.07, 6.45) is 0.531. The van der Waals surface area contributed by atoms with E-state index in [4.69, 9.17) is 9.47 Å². The molecule has 232 valence electrons. The van der Waals surface area contributed by atoms with Gasteiger partial charge in [0.05, 0.1) is 25.5 Å². The van der Waals surface area contributed by atoms with E-state index in [1.165, 1.54) is 0 Å². The fourth-order valence-electron chi connectivity index (χ4n) is 6.63. The van der Waals surface area contributed by atoms with Crippen molar-refractivity contribution in [3.63, 3.8) is 0 Å². The molecule has 2 aromatic carbocycles. The lowest BCUT2D eigenvalue weighted by molar-refractivity contribution is -0.122. The van der Waals surface area contributed by atoms with Crippen LogP contribution in [0.4, 0.5) is 5.69 Å². The van der Waals surface area contributed by atoms with Crippen molar-refractivity contribution in [2.45, 2.75) is 32.7 Å². The lowest BCUT2D eigenvalue weighted by atomic mass is 9.73. The number of anilines is 1. The Hall–Kier alpha value is -4.54. The van der Waals surface area contributed by atoms with Gasteiger partial charge in [-0.05, 0) is 50.6 Å². The van der Waals surface area contributed by atoms with Gasteiger partial charge in [-0.3, -0.25) is 19.1 Å². The number of hydrogen-bond donors (Lipinski definition) is 1. The summed E-state index contributed by atoms with van der Waals surface area (Å²) < 4.78 is 14.3. The normalized spacial score (nSPS) is 21.5. The van der Waals surface area contributed by atoms with Crippen LogP contribution in [0.25, 0.3) is 0 Å². The van der Waals surface area contributed by atoms with Gasteiger partial charge in [-0.2, -0.15) is 5.10 Å². The summed E-state index contributed by atoms with van der Waals surface area (Å²) in [5.41, 5.74) is 3.22. The number of amides is 3. The molecule has 1 N–H and O–H groups in total. The molecule has 1 spiro atoms. The molecule has 0 radical (unpaired) electrons. The van der Waals surface area contributed by atoms with Crippen molar-refractivity contribution in [2.75, 3.05) is 64.9 Å². The van der Waals surface area contributed by atoms with Gasteiger partial charge in [-0.1, -0.05) is 18.2 Å². The van der Waals surface area contributed by atoms with Crippen molar-refractivity contribution in [1.82, 2.24) is 24.9 Å². The first-order valence-electron chi connectivity index (χ1n) is 15.2. The van der Waals surface area contributed by atoms with Gasteiger partial charge in [-0.25, -0.2) is 0 Å². The number of rotatable bonds is 4. The second-order valence-electron chi connectivity index (χ2n) is 12.2. The molecular weight excluding hydrogens is 560 g/mol. The molecule has 1 fully saturated rings. The summed E-state index contributed by atoms with van der Waals surface area (Å²) in [7, 11) is 3.90. The van der Waals surface area contributed by atoms with E-state index in [1.54, 1.807) is 15.6 Å². The van der Waals surface area contributed by atoms with Gasteiger partial charge in [-0.15, -0.1) is 0 Å². The number of benzene rings is 2. The monoisotopic (exact) mass is 600 g/mol. The van der Waals surface area contributed by atoms with Crippen molar-refractivity contribution in [3.8, 4) is 11.5 Å². The van der Waals surface area contributed by atoms with Gasteiger partial charge in [0.15, 0.2) is 11.5 Å². The third-order valence-electron chi connectivity index (χ3n) is 8.94. The fraction of sp³-hybridized carbons (Fsp3) is 0.455. The van der Waals surface area contributed by atoms with Crippen LogP contribution in [0.3, 0.4) is 0 Å². The molecule has 3 amide bonds. The van der Waals surface area contributed by atoms with E-state index < -0.39 is 5.41 Å². The first-order chi connectivity index (χ1) is 21.2. The summed E-state index contributed by atoms with van der Waals surface area (Å²) in [6, 6.07) is 15.3. The molecule has 1 aromatic heterocycles. The van der Waals surface area contributed by atoms with E-state index in [0.29, 0.717) is 75.1 Å². The molecule has 4 bridgehead atoms. The number of ether oxygens (including phenoxy) is 2. The largest absolute Gasteiger partial charge is 0.490 e. The minimum Gasteiger partial charge on any atom is -0.490 e. The lowest BCUT2D eigenvalue weighted by Gasteiger charge is -2.40. The Bertz CT molecular complexity index is 1580. The van der Waals surface area contributed by atoms with Crippen molar-refractivity contribution >= 4 is 23.4 Å². The van der Waals surface area contributed by atoms with Crippen LogP contribution in [0.1, 0.15) is 51.4 Å². The molecular formula is C33H40N6O5. The molecule has 0 saturated carbocycles. The zero-order chi connectivity index (χ0) is 31.0. The van der Waals surface area contributed by atoms with Crippen molar-refractivity contribution in [1.29, 1.82) is 0 Å². The zero-order valence-corrected chi connectivity index (χ0v) is 25.8. The maximum atomic E-state index is 13.8. The topological polar surface area (TPSA) is 109 Å². The Labute approximate surface area is 257 Å². The average molecular weight is 601 g/mol. The summed E-state index contributed by atoms with van der Waals surface area (Å²) in [5, 5.41) is 7.54. The van der Waals surface area contributed by atoms with Gasteiger partial charge >= 0.3 is 0 Å². The molecule has 7 rings (SSSR count). The second kappa shape index (κ2) is 11.9. The smallest absolute Gasteiger partial charge is 0.272 e. The molecule has 1 saturated heterocycles. The number of fused-ring (bicyclic) bond motifs is 9. The molecule has 2 atom stereocenters. The molecule has 0 unspecified atom stereocenters. The highest BCUT2D eigenvalue weighted by molar-refractivity contribution is 5.96. The number of likely N-dealkylation sites (tertiary alicyclic amines) is 1. The molecule has 0 aliphatic carbocycles. The first-order valence-corrected chi connectivity index (χ1v) is 15.2. The highest BCUT2D eigenvalue weighted by Crippen LogP contribution is 2.52. The SMILES string of the molecule is CCn1nc(C)cc1C(=O)N1CCCOc2cccc3c2OC[C@@]2(CNC(=O)C1)CN(C(=O)c1cccc(N(C)C)c1)C[C@@H]32. The third kappa shape index (κ3) is 5.46. The van der Waals surface area contributed by atoms with E-state index in [0.717, 1.165) is 16.9 Å². The van der Waals surface area contributed by atoms with Gasteiger partial charge in [0.1, 0.15) is 5.69 Å². The Morgan fingerprint density at radius 2 is 1.91 bits per heavy atom.